The zero-order valence-corrected chi connectivity index (χ0v) is 13.9. The van der Waals surface area contributed by atoms with Crippen LogP contribution >= 0.6 is 0 Å². The Morgan fingerprint density at radius 3 is 2.52 bits per heavy atom. The molecule has 0 radical (unpaired) electrons. The van der Waals surface area contributed by atoms with Gasteiger partial charge in [0.05, 0.1) is 11.1 Å². The monoisotopic (exact) mass is 318 g/mol. The quantitative estimate of drug-likeness (QED) is 0.457. The highest BCUT2D eigenvalue weighted by molar-refractivity contribution is 6.14. The Balaban J connectivity index is 1.81. The van der Waals surface area contributed by atoms with Gasteiger partial charge in [-0.1, -0.05) is 26.8 Å². The van der Waals surface area contributed by atoms with E-state index in [2.05, 4.69) is 25.5 Å². The molecule has 2 aliphatic rings. The van der Waals surface area contributed by atoms with Crippen LogP contribution in [0.2, 0.25) is 0 Å². The average molecular weight is 318 g/mol. The zero-order chi connectivity index (χ0) is 16.8. The average Bonchev–Trinajstić information content (AvgIpc) is 3.27. The summed E-state index contributed by atoms with van der Waals surface area (Å²) < 4.78 is 15.5. The Labute approximate surface area is 135 Å². The SMILES string of the molecule is CCC(CC(C)(C)C1OC1OC)c1ccc2c(c1)C(=O)OC2=O. The van der Waals surface area contributed by atoms with E-state index in [-0.39, 0.29) is 23.7 Å². The lowest BCUT2D eigenvalue weighted by Gasteiger charge is -2.28. The van der Waals surface area contributed by atoms with Gasteiger partial charge in [-0.05, 0) is 41.9 Å². The molecular formula is C18H22O5. The summed E-state index contributed by atoms with van der Waals surface area (Å²) in [5.74, 6) is -0.828. The lowest BCUT2D eigenvalue weighted by atomic mass is 9.76. The van der Waals surface area contributed by atoms with Crippen molar-refractivity contribution >= 4 is 11.9 Å². The summed E-state index contributed by atoms with van der Waals surface area (Å²) in [5, 5.41) is 0. The van der Waals surface area contributed by atoms with Crippen molar-refractivity contribution in [2.75, 3.05) is 7.11 Å². The molecule has 1 aromatic rings. The molecule has 1 fully saturated rings. The third kappa shape index (κ3) is 2.91. The molecule has 0 amide bonds. The van der Waals surface area contributed by atoms with Gasteiger partial charge in [-0.15, -0.1) is 0 Å². The number of epoxide rings is 1. The van der Waals surface area contributed by atoms with Gasteiger partial charge in [0, 0.05) is 7.11 Å². The lowest BCUT2D eigenvalue weighted by molar-refractivity contribution is 0.0443. The van der Waals surface area contributed by atoms with Crippen LogP contribution in [0.5, 0.6) is 0 Å². The van der Waals surface area contributed by atoms with E-state index in [0.29, 0.717) is 11.1 Å². The molecule has 3 unspecified atom stereocenters. The van der Waals surface area contributed by atoms with Gasteiger partial charge >= 0.3 is 11.9 Å². The molecule has 2 heterocycles. The second kappa shape index (κ2) is 5.73. The molecule has 23 heavy (non-hydrogen) atoms. The third-order valence-corrected chi connectivity index (χ3v) is 4.86. The van der Waals surface area contributed by atoms with Crippen LogP contribution in [0.15, 0.2) is 18.2 Å². The van der Waals surface area contributed by atoms with Crippen molar-refractivity contribution in [1.29, 1.82) is 0 Å². The van der Waals surface area contributed by atoms with Crippen molar-refractivity contribution in [3.63, 3.8) is 0 Å². The molecule has 5 heteroatoms. The highest BCUT2D eigenvalue weighted by Gasteiger charge is 2.50. The topological polar surface area (TPSA) is 65.1 Å². The number of carbonyl (C=O) groups is 2. The van der Waals surface area contributed by atoms with E-state index in [1.807, 2.05) is 6.07 Å². The predicted octanol–water partition coefficient (Wildman–Crippen LogP) is 3.28. The molecule has 1 saturated heterocycles. The minimum absolute atomic E-state index is 0.0311. The number of carbonyl (C=O) groups excluding carboxylic acids is 2. The molecule has 2 aliphatic heterocycles. The Morgan fingerprint density at radius 1 is 1.22 bits per heavy atom. The van der Waals surface area contributed by atoms with Gasteiger partial charge in [0.25, 0.3) is 0 Å². The third-order valence-electron chi connectivity index (χ3n) is 4.86. The van der Waals surface area contributed by atoms with Gasteiger partial charge in [0.1, 0.15) is 6.10 Å². The molecule has 0 aromatic heterocycles. The van der Waals surface area contributed by atoms with Crippen LogP contribution in [0, 0.1) is 5.41 Å². The minimum atomic E-state index is -0.556. The van der Waals surface area contributed by atoms with Gasteiger partial charge in [-0.25, -0.2) is 9.59 Å². The largest absolute Gasteiger partial charge is 0.386 e. The van der Waals surface area contributed by atoms with Crippen LogP contribution in [-0.4, -0.2) is 31.4 Å². The molecule has 5 nitrogen and oxygen atoms in total. The van der Waals surface area contributed by atoms with Crippen molar-refractivity contribution in [3.8, 4) is 0 Å². The number of rotatable bonds is 6. The molecule has 0 spiro atoms. The number of cyclic esters (lactones) is 2. The summed E-state index contributed by atoms with van der Waals surface area (Å²) in [6.07, 6.45) is 1.84. The van der Waals surface area contributed by atoms with Crippen LogP contribution in [-0.2, 0) is 14.2 Å². The summed E-state index contributed by atoms with van der Waals surface area (Å²) in [7, 11) is 1.65. The Bertz CT molecular complexity index is 649. The normalized spacial score (nSPS) is 24.3. The maximum atomic E-state index is 11.7. The first kappa shape index (κ1) is 16.1. The summed E-state index contributed by atoms with van der Waals surface area (Å²) in [6.45, 7) is 6.47. The van der Waals surface area contributed by atoms with Crippen LogP contribution in [0.3, 0.4) is 0 Å². The highest BCUT2D eigenvalue weighted by Crippen LogP contribution is 2.45. The van der Waals surface area contributed by atoms with Gasteiger partial charge in [-0.2, -0.15) is 0 Å². The molecular weight excluding hydrogens is 296 g/mol. The number of esters is 2. The molecule has 0 aliphatic carbocycles. The molecule has 1 aromatic carbocycles. The Morgan fingerprint density at radius 2 is 1.91 bits per heavy atom. The first-order valence-electron chi connectivity index (χ1n) is 7.96. The van der Waals surface area contributed by atoms with E-state index in [1.54, 1.807) is 19.2 Å². The van der Waals surface area contributed by atoms with Crippen LogP contribution in [0.1, 0.15) is 65.8 Å². The fourth-order valence-electron chi connectivity index (χ4n) is 3.44. The van der Waals surface area contributed by atoms with E-state index in [9.17, 15) is 9.59 Å². The van der Waals surface area contributed by atoms with Gasteiger partial charge in [0.2, 0.25) is 0 Å². The van der Waals surface area contributed by atoms with E-state index >= 15 is 0 Å². The fraction of sp³-hybridized carbons (Fsp3) is 0.556. The van der Waals surface area contributed by atoms with Crippen molar-refractivity contribution < 1.29 is 23.8 Å². The van der Waals surface area contributed by atoms with Crippen molar-refractivity contribution in [1.82, 2.24) is 0 Å². The molecule has 124 valence electrons. The number of methoxy groups -OCH3 is 1. The van der Waals surface area contributed by atoms with Crippen molar-refractivity contribution in [2.45, 2.75) is 51.9 Å². The lowest BCUT2D eigenvalue weighted by Crippen LogP contribution is -2.24. The standard InChI is InChI=1S/C18H22O5/c1-5-10(9-18(2,3)14-17(21-4)22-14)11-6-7-12-13(8-11)16(20)23-15(12)19/h6-8,10,14,17H,5,9H2,1-4H3. The summed E-state index contributed by atoms with van der Waals surface area (Å²) in [5.41, 5.74) is 1.76. The minimum Gasteiger partial charge on any atom is -0.386 e. The zero-order valence-electron chi connectivity index (χ0n) is 13.9. The van der Waals surface area contributed by atoms with Crippen molar-refractivity contribution in [3.05, 3.63) is 34.9 Å². The van der Waals surface area contributed by atoms with E-state index in [0.717, 1.165) is 18.4 Å². The number of fused-ring (bicyclic) bond motifs is 1. The Kier molecular flexibility index (Phi) is 4.02. The first-order valence-corrected chi connectivity index (χ1v) is 7.96. The van der Waals surface area contributed by atoms with Gasteiger partial charge < -0.3 is 14.2 Å². The smallest absolute Gasteiger partial charge is 0.346 e. The van der Waals surface area contributed by atoms with Crippen molar-refractivity contribution in [2.24, 2.45) is 5.41 Å². The van der Waals surface area contributed by atoms with Gasteiger partial charge in [0.15, 0.2) is 6.29 Å². The molecule has 0 N–H and O–H groups in total. The maximum Gasteiger partial charge on any atom is 0.346 e. The highest BCUT2D eigenvalue weighted by atomic mass is 16.8. The molecule has 3 rings (SSSR count). The Hall–Kier alpha value is -1.72. The predicted molar refractivity (Wildman–Crippen MR) is 83.3 cm³/mol. The van der Waals surface area contributed by atoms with Crippen LogP contribution in [0.25, 0.3) is 0 Å². The summed E-state index contributed by atoms with van der Waals surface area (Å²) >= 11 is 0. The molecule has 0 saturated carbocycles. The molecule has 3 atom stereocenters. The van der Waals surface area contributed by atoms with E-state index < -0.39 is 11.9 Å². The number of hydrogen-bond acceptors (Lipinski definition) is 5. The number of hydrogen-bond donors (Lipinski definition) is 0. The number of ether oxygens (including phenoxy) is 3. The second-order valence-electron chi connectivity index (χ2n) is 6.94. The summed E-state index contributed by atoms with van der Waals surface area (Å²) in [4.78, 5) is 23.3. The number of benzene rings is 1. The fourth-order valence-corrected chi connectivity index (χ4v) is 3.44. The summed E-state index contributed by atoms with van der Waals surface area (Å²) in [6, 6.07) is 5.41. The van der Waals surface area contributed by atoms with E-state index in [4.69, 9.17) is 9.47 Å². The molecule has 0 bridgehead atoms. The van der Waals surface area contributed by atoms with Gasteiger partial charge in [-0.3, -0.25) is 0 Å². The second-order valence-corrected chi connectivity index (χ2v) is 6.94. The van der Waals surface area contributed by atoms with Crippen LogP contribution in [0.4, 0.5) is 0 Å². The maximum absolute atomic E-state index is 11.7. The van der Waals surface area contributed by atoms with E-state index in [1.165, 1.54) is 0 Å². The van der Waals surface area contributed by atoms with Crippen LogP contribution < -0.4 is 0 Å². The first-order chi connectivity index (χ1) is 10.9.